The molecule has 368 valence electrons. The first kappa shape index (κ1) is 53.4. The van der Waals surface area contributed by atoms with Gasteiger partial charge in [-0.2, -0.15) is 0 Å². The summed E-state index contributed by atoms with van der Waals surface area (Å²) in [6.07, 6.45) is 22.2. The smallest absolute Gasteiger partial charge is 0.410 e. The van der Waals surface area contributed by atoms with Crippen molar-refractivity contribution in [1.29, 1.82) is 0 Å². The lowest BCUT2D eigenvalue weighted by Gasteiger charge is -2.59. The van der Waals surface area contributed by atoms with Gasteiger partial charge >= 0.3 is 6.09 Å². The fraction of sp³-hybridized carbons (Fsp3) is 0.660. The standard InChI is InChI=1S/C53H80N2O10S/c1-5-8-9-10-11-12-13-14-15-20-34-61-52(59)55(29-35-60-36-32-58)49-39-47(54-63-7-3)45-37-40(21-16-18-30-56)44(22-17-19-31-57)50-46-38-42(64-41-23-26-43(66-4)27-24-41)25-28-48(46)65-53(49,51(45)50)62-33-6-2/h6,23-28,37-38,40,44,49-51,56-58H,2,5,7-22,29-36,39H2,1,3-4H3/t40-,44+,49-,50+,51+,53+/m0/s1. The molecule has 0 aromatic heterocycles. The zero-order valence-electron chi connectivity index (χ0n) is 40.2. The summed E-state index contributed by atoms with van der Waals surface area (Å²) < 4.78 is 33.0. The van der Waals surface area contributed by atoms with E-state index >= 15 is 0 Å². The van der Waals surface area contributed by atoms with E-state index in [0.717, 1.165) is 66.7 Å². The molecule has 66 heavy (non-hydrogen) atoms. The predicted molar refractivity (Wildman–Crippen MR) is 263 cm³/mol. The van der Waals surface area contributed by atoms with Crippen LogP contribution in [0.4, 0.5) is 4.79 Å². The SMILES string of the molecule is C=CCO[C@@]12Oc3ccc(Oc4ccc(SC)cc4)cc3[C@H]3[C@H](CCCCO)[C@@H](CCCCO)C=C(C(=NOCC)C[C@@H]1N(CCOCCO)C(=O)OCCCCCCCCCCCC)[C@H]32. The minimum atomic E-state index is -1.43. The normalized spacial score (nSPS) is 22.5. The van der Waals surface area contributed by atoms with Crippen molar-refractivity contribution >= 4 is 23.6 Å². The Kier molecular flexibility index (Phi) is 23.7. The minimum Gasteiger partial charge on any atom is -0.459 e. The third-order valence-corrected chi connectivity index (χ3v) is 14.0. The van der Waals surface area contributed by atoms with E-state index in [1.807, 2.05) is 49.6 Å². The zero-order valence-corrected chi connectivity index (χ0v) is 41.0. The highest BCUT2D eigenvalue weighted by Gasteiger charge is 2.65. The molecule has 0 radical (unpaired) electrons. The molecular formula is C53H80N2O10S. The maximum absolute atomic E-state index is 14.7. The summed E-state index contributed by atoms with van der Waals surface area (Å²) in [6.45, 7) is 9.48. The van der Waals surface area contributed by atoms with Gasteiger partial charge in [0.2, 0.25) is 5.79 Å². The molecule has 0 unspecified atom stereocenters. The first-order valence-electron chi connectivity index (χ1n) is 25.0. The number of fused-ring (bicyclic) bond motifs is 2. The lowest BCUT2D eigenvalue weighted by molar-refractivity contribution is -0.256. The van der Waals surface area contributed by atoms with Gasteiger partial charge in [0, 0.05) is 42.6 Å². The Morgan fingerprint density at radius 2 is 1.56 bits per heavy atom. The predicted octanol–water partition coefficient (Wildman–Crippen LogP) is 11.2. The summed E-state index contributed by atoms with van der Waals surface area (Å²) in [5.74, 6) is 0.0753. The van der Waals surface area contributed by atoms with E-state index in [-0.39, 0.29) is 77.0 Å². The third-order valence-electron chi connectivity index (χ3n) is 13.3. The lowest BCUT2D eigenvalue weighted by Crippen LogP contribution is -2.70. The van der Waals surface area contributed by atoms with Crippen molar-refractivity contribution in [1.82, 2.24) is 4.90 Å². The molecule has 3 aliphatic rings. The largest absolute Gasteiger partial charge is 0.459 e. The van der Waals surface area contributed by atoms with Gasteiger partial charge in [-0.05, 0) is 105 Å². The van der Waals surface area contributed by atoms with Crippen LogP contribution in [0.5, 0.6) is 17.2 Å². The highest BCUT2D eigenvalue weighted by atomic mass is 32.2. The van der Waals surface area contributed by atoms with Crippen molar-refractivity contribution in [2.75, 3.05) is 65.7 Å². The molecule has 1 fully saturated rings. The Bertz CT molecular complexity index is 1790. The van der Waals surface area contributed by atoms with Crippen molar-refractivity contribution < 1.29 is 48.6 Å². The second-order valence-corrected chi connectivity index (χ2v) is 18.7. The van der Waals surface area contributed by atoms with Crippen LogP contribution in [0.3, 0.4) is 0 Å². The Hall–Kier alpha value is -3.59. The molecule has 2 aromatic carbocycles. The number of carbonyl (C=O) groups is 1. The first-order valence-corrected chi connectivity index (χ1v) is 26.3. The zero-order chi connectivity index (χ0) is 47.0. The fourth-order valence-corrected chi connectivity index (χ4v) is 10.6. The number of rotatable bonds is 33. The number of hydrogen-bond acceptors (Lipinski definition) is 12. The number of carbonyl (C=O) groups excluding carboxylic acids is 1. The molecule has 0 bridgehead atoms. The van der Waals surface area contributed by atoms with Crippen molar-refractivity contribution in [2.24, 2.45) is 22.9 Å². The number of allylic oxidation sites excluding steroid dienone is 1. The molecule has 12 nitrogen and oxygen atoms in total. The van der Waals surface area contributed by atoms with Crippen LogP contribution in [0.15, 0.2) is 76.8 Å². The quantitative estimate of drug-likeness (QED) is 0.0272. The molecular weight excluding hydrogens is 857 g/mol. The van der Waals surface area contributed by atoms with Gasteiger partial charge in [-0.15, -0.1) is 18.3 Å². The average Bonchev–Trinajstić information content (AvgIpc) is 3.33. The molecule has 6 atom stereocenters. The van der Waals surface area contributed by atoms with Crippen LogP contribution >= 0.6 is 11.8 Å². The van der Waals surface area contributed by atoms with Crippen LogP contribution in [-0.2, 0) is 19.0 Å². The van der Waals surface area contributed by atoms with Crippen molar-refractivity contribution in [3.63, 3.8) is 0 Å². The number of oxime groups is 1. The number of unbranched alkanes of at least 4 members (excludes halogenated alkanes) is 11. The third kappa shape index (κ3) is 14.7. The summed E-state index contributed by atoms with van der Waals surface area (Å²) in [6, 6.07) is 13.3. The van der Waals surface area contributed by atoms with Crippen molar-refractivity contribution in [2.45, 2.75) is 146 Å². The fourth-order valence-electron chi connectivity index (χ4n) is 10.2. The monoisotopic (exact) mass is 937 g/mol. The summed E-state index contributed by atoms with van der Waals surface area (Å²) in [7, 11) is 0. The molecule has 0 saturated heterocycles. The van der Waals surface area contributed by atoms with Gasteiger partial charge in [0.15, 0.2) is 0 Å². The van der Waals surface area contributed by atoms with E-state index in [2.05, 4.69) is 25.6 Å². The van der Waals surface area contributed by atoms with Crippen LogP contribution in [0.25, 0.3) is 0 Å². The molecule has 2 aliphatic carbocycles. The van der Waals surface area contributed by atoms with Crippen LogP contribution in [-0.4, -0.2) is 110 Å². The second kappa shape index (κ2) is 29.3. The first-order chi connectivity index (χ1) is 32.4. The minimum absolute atomic E-state index is 0.0613. The van der Waals surface area contributed by atoms with Crippen LogP contribution in [0, 0.1) is 17.8 Å². The molecule has 5 rings (SSSR count). The van der Waals surface area contributed by atoms with E-state index in [9.17, 15) is 20.1 Å². The van der Waals surface area contributed by atoms with Gasteiger partial charge in [0.1, 0.15) is 29.9 Å². The summed E-state index contributed by atoms with van der Waals surface area (Å²) >= 11 is 1.68. The molecule has 13 heteroatoms. The van der Waals surface area contributed by atoms with Gasteiger partial charge in [-0.1, -0.05) is 94.9 Å². The second-order valence-electron chi connectivity index (χ2n) is 17.8. The maximum Gasteiger partial charge on any atom is 0.410 e. The summed E-state index contributed by atoms with van der Waals surface area (Å²) in [5, 5.41) is 34.3. The van der Waals surface area contributed by atoms with Crippen LogP contribution in [0.2, 0.25) is 0 Å². The maximum atomic E-state index is 14.7. The van der Waals surface area contributed by atoms with Crippen molar-refractivity contribution in [3.05, 3.63) is 72.3 Å². The van der Waals surface area contributed by atoms with Crippen LogP contribution in [0.1, 0.15) is 134 Å². The van der Waals surface area contributed by atoms with Gasteiger partial charge < -0.3 is 43.8 Å². The van der Waals surface area contributed by atoms with E-state index in [0.29, 0.717) is 36.7 Å². The average molecular weight is 937 g/mol. The highest BCUT2D eigenvalue weighted by Crippen LogP contribution is 2.62. The van der Waals surface area contributed by atoms with E-state index in [4.69, 9.17) is 33.7 Å². The summed E-state index contributed by atoms with van der Waals surface area (Å²) in [5.41, 5.74) is 2.65. The number of thioether (sulfide) groups is 1. The topological polar surface area (TPSA) is 149 Å². The molecule has 2 aromatic rings. The van der Waals surface area contributed by atoms with Gasteiger partial charge in [0.25, 0.3) is 0 Å². The molecule has 1 aliphatic heterocycles. The molecule has 1 heterocycles. The number of nitrogens with zero attached hydrogens (tertiary/aromatic N) is 2. The lowest BCUT2D eigenvalue weighted by atomic mass is 9.55. The van der Waals surface area contributed by atoms with Gasteiger partial charge in [-0.25, -0.2) is 4.79 Å². The number of aliphatic hydroxyl groups excluding tert-OH is 3. The molecule has 1 amide bonds. The number of aliphatic hydroxyl groups is 3. The van der Waals surface area contributed by atoms with Crippen molar-refractivity contribution in [3.8, 4) is 17.2 Å². The van der Waals surface area contributed by atoms with Gasteiger partial charge in [0.05, 0.1) is 44.7 Å². The number of amides is 1. The molecule has 3 N–H and O–H groups in total. The molecule has 1 saturated carbocycles. The Balaban J connectivity index is 1.59. The van der Waals surface area contributed by atoms with Crippen LogP contribution < -0.4 is 9.47 Å². The number of ether oxygens (including phenoxy) is 5. The van der Waals surface area contributed by atoms with E-state index < -0.39 is 23.8 Å². The number of hydrogen-bond donors (Lipinski definition) is 3. The molecule has 0 spiro atoms. The highest BCUT2D eigenvalue weighted by molar-refractivity contribution is 7.98. The van der Waals surface area contributed by atoms with E-state index in [1.54, 1.807) is 22.7 Å². The Morgan fingerprint density at radius 1 is 0.864 bits per heavy atom. The van der Waals surface area contributed by atoms with E-state index in [1.165, 1.54) is 44.9 Å². The Morgan fingerprint density at radius 3 is 2.23 bits per heavy atom. The Labute approximate surface area is 399 Å². The number of benzene rings is 2. The summed E-state index contributed by atoms with van der Waals surface area (Å²) in [4.78, 5) is 23.4. The van der Waals surface area contributed by atoms with Gasteiger partial charge in [-0.3, -0.25) is 4.90 Å².